The molecule has 1 aliphatic heterocycles. The van der Waals surface area contributed by atoms with Crippen LogP contribution in [0.5, 0.6) is 5.75 Å². The smallest absolute Gasteiger partial charge is 0.126 e. The Hall–Kier alpha value is -0.580. The molecule has 0 spiro atoms. The van der Waals surface area contributed by atoms with Crippen LogP contribution in [0.3, 0.4) is 0 Å². The van der Waals surface area contributed by atoms with E-state index in [2.05, 4.69) is 15.9 Å². The van der Waals surface area contributed by atoms with Gasteiger partial charge in [-0.1, -0.05) is 22.0 Å². The topological polar surface area (TPSA) is 38.7 Å². The Bertz CT molecular complexity index is 373. The fourth-order valence-corrected chi connectivity index (χ4v) is 2.28. The van der Waals surface area contributed by atoms with E-state index < -0.39 is 6.10 Å². The lowest BCUT2D eigenvalue weighted by molar-refractivity contribution is 0.0664. The minimum Gasteiger partial charge on any atom is -0.490 e. The zero-order chi connectivity index (χ0) is 12.3. The fraction of sp³-hybridized carbons (Fsp3) is 0.538. The van der Waals surface area contributed by atoms with Gasteiger partial charge in [-0.3, -0.25) is 0 Å². The third kappa shape index (κ3) is 3.44. The summed E-state index contributed by atoms with van der Waals surface area (Å²) in [5, 5.41) is 9.66. The van der Waals surface area contributed by atoms with Crippen molar-refractivity contribution in [2.45, 2.75) is 32.0 Å². The summed E-state index contributed by atoms with van der Waals surface area (Å²) >= 11 is 3.41. The number of benzene rings is 1. The van der Waals surface area contributed by atoms with Gasteiger partial charge in [-0.15, -0.1) is 0 Å². The van der Waals surface area contributed by atoms with Gasteiger partial charge < -0.3 is 14.6 Å². The summed E-state index contributed by atoms with van der Waals surface area (Å²) in [6, 6.07) is 5.66. The molecule has 1 aromatic carbocycles. The van der Waals surface area contributed by atoms with Crippen LogP contribution in [0.4, 0.5) is 0 Å². The summed E-state index contributed by atoms with van der Waals surface area (Å²) in [5.41, 5.74) is 0.811. The van der Waals surface area contributed by atoms with E-state index in [1.807, 2.05) is 18.2 Å². The maximum atomic E-state index is 9.66. The highest BCUT2D eigenvalue weighted by atomic mass is 79.9. The van der Waals surface area contributed by atoms with Crippen molar-refractivity contribution in [2.24, 2.45) is 0 Å². The first kappa shape index (κ1) is 12.9. The van der Waals surface area contributed by atoms with Crippen LogP contribution < -0.4 is 4.74 Å². The van der Waals surface area contributed by atoms with Gasteiger partial charge in [0, 0.05) is 16.6 Å². The maximum absolute atomic E-state index is 9.66. The molecule has 0 bridgehead atoms. The van der Waals surface area contributed by atoms with Crippen LogP contribution in [0.2, 0.25) is 0 Å². The van der Waals surface area contributed by atoms with E-state index in [9.17, 15) is 5.11 Å². The fourth-order valence-electron chi connectivity index (χ4n) is 1.94. The first-order valence-corrected chi connectivity index (χ1v) is 6.68. The molecule has 0 saturated carbocycles. The predicted octanol–water partition coefficient (Wildman–Crippen LogP) is 3.06. The van der Waals surface area contributed by atoms with Gasteiger partial charge in [-0.2, -0.15) is 0 Å². The SMILES string of the molecule is C[C@@H](O)c1ccc(Br)cc1OCC1CCCO1. The molecule has 1 fully saturated rings. The lowest BCUT2D eigenvalue weighted by atomic mass is 10.1. The van der Waals surface area contributed by atoms with E-state index >= 15 is 0 Å². The molecule has 1 N–H and O–H groups in total. The molecule has 2 rings (SSSR count). The number of ether oxygens (including phenoxy) is 2. The van der Waals surface area contributed by atoms with Crippen molar-refractivity contribution in [3.63, 3.8) is 0 Å². The van der Waals surface area contributed by atoms with Gasteiger partial charge in [0.2, 0.25) is 0 Å². The second kappa shape index (κ2) is 5.85. The average molecular weight is 301 g/mol. The van der Waals surface area contributed by atoms with Gasteiger partial charge in [0.05, 0.1) is 12.2 Å². The molecule has 1 aromatic rings. The van der Waals surface area contributed by atoms with Crippen molar-refractivity contribution in [1.82, 2.24) is 0 Å². The standard InChI is InChI=1S/C13H17BrO3/c1-9(15)12-5-4-10(14)7-13(12)17-8-11-3-2-6-16-11/h4-5,7,9,11,15H,2-3,6,8H2,1H3/t9-,11?/m1/s1. The Labute approximate surface area is 110 Å². The van der Waals surface area contributed by atoms with Crippen LogP contribution in [-0.4, -0.2) is 24.4 Å². The molecule has 3 nitrogen and oxygen atoms in total. The lowest BCUT2D eigenvalue weighted by Gasteiger charge is -2.16. The van der Waals surface area contributed by atoms with Gasteiger partial charge in [0.1, 0.15) is 12.4 Å². The van der Waals surface area contributed by atoms with E-state index in [0.717, 1.165) is 35.2 Å². The van der Waals surface area contributed by atoms with Crippen molar-refractivity contribution in [2.75, 3.05) is 13.2 Å². The van der Waals surface area contributed by atoms with Crippen molar-refractivity contribution < 1.29 is 14.6 Å². The summed E-state index contributed by atoms with van der Waals surface area (Å²) in [5.74, 6) is 0.727. The zero-order valence-corrected chi connectivity index (χ0v) is 11.4. The molecule has 0 aliphatic carbocycles. The molecule has 2 atom stereocenters. The summed E-state index contributed by atoms with van der Waals surface area (Å²) in [4.78, 5) is 0. The normalized spacial score (nSPS) is 21.5. The second-order valence-corrected chi connectivity index (χ2v) is 5.22. The van der Waals surface area contributed by atoms with Gasteiger partial charge in [-0.05, 0) is 31.9 Å². The molecule has 0 aromatic heterocycles. The van der Waals surface area contributed by atoms with Crippen molar-refractivity contribution in [3.8, 4) is 5.75 Å². The highest BCUT2D eigenvalue weighted by molar-refractivity contribution is 9.10. The Balaban J connectivity index is 2.04. The van der Waals surface area contributed by atoms with Crippen LogP contribution in [0.25, 0.3) is 0 Å². The van der Waals surface area contributed by atoms with Crippen LogP contribution >= 0.6 is 15.9 Å². The summed E-state index contributed by atoms with van der Waals surface area (Å²) in [6.07, 6.45) is 1.83. The van der Waals surface area contributed by atoms with Crippen LogP contribution in [0.1, 0.15) is 31.4 Å². The van der Waals surface area contributed by atoms with Crippen LogP contribution in [0, 0.1) is 0 Å². The number of hydrogen-bond donors (Lipinski definition) is 1. The molecule has 4 heteroatoms. The molecule has 1 aliphatic rings. The van der Waals surface area contributed by atoms with Crippen molar-refractivity contribution in [3.05, 3.63) is 28.2 Å². The van der Waals surface area contributed by atoms with E-state index in [-0.39, 0.29) is 6.10 Å². The van der Waals surface area contributed by atoms with E-state index in [1.165, 1.54) is 0 Å². The monoisotopic (exact) mass is 300 g/mol. The first-order valence-electron chi connectivity index (χ1n) is 5.88. The lowest BCUT2D eigenvalue weighted by Crippen LogP contribution is -2.17. The molecule has 1 saturated heterocycles. The largest absolute Gasteiger partial charge is 0.490 e. The van der Waals surface area contributed by atoms with Crippen LogP contribution in [0.15, 0.2) is 22.7 Å². The number of rotatable bonds is 4. The number of halogens is 1. The average Bonchev–Trinajstić information content (AvgIpc) is 2.78. The first-order chi connectivity index (χ1) is 8.16. The second-order valence-electron chi connectivity index (χ2n) is 4.30. The predicted molar refractivity (Wildman–Crippen MR) is 69.2 cm³/mol. The Morgan fingerprint density at radius 3 is 3.06 bits per heavy atom. The minimum absolute atomic E-state index is 0.191. The van der Waals surface area contributed by atoms with Crippen molar-refractivity contribution >= 4 is 15.9 Å². The summed E-state index contributed by atoms with van der Waals surface area (Å²) < 4.78 is 12.2. The highest BCUT2D eigenvalue weighted by Crippen LogP contribution is 2.29. The molecular formula is C13H17BrO3. The van der Waals surface area contributed by atoms with Gasteiger partial charge in [-0.25, -0.2) is 0 Å². The molecule has 1 unspecified atom stereocenters. The van der Waals surface area contributed by atoms with Crippen molar-refractivity contribution in [1.29, 1.82) is 0 Å². The Morgan fingerprint density at radius 1 is 1.59 bits per heavy atom. The van der Waals surface area contributed by atoms with E-state index in [1.54, 1.807) is 6.92 Å². The Morgan fingerprint density at radius 2 is 2.41 bits per heavy atom. The minimum atomic E-state index is -0.525. The zero-order valence-electron chi connectivity index (χ0n) is 9.86. The number of aliphatic hydroxyl groups is 1. The molecule has 1 heterocycles. The molecule has 0 radical (unpaired) electrons. The third-order valence-corrected chi connectivity index (χ3v) is 3.37. The molecule has 17 heavy (non-hydrogen) atoms. The van der Waals surface area contributed by atoms with E-state index in [0.29, 0.717) is 6.61 Å². The summed E-state index contributed by atoms with van der Waals surface area (Å²) in [7, 11) is 0. The van der Waals surface area contributed by atoms with E-state index in [4.69, 9.17) is 9.47 Å². The summed E-state index contributed by atoms with van der Waals surface area (Å²) in [6.45, 7) is 3.12. The van der Waals surface area contributed by atoms with Gasteiger partial charge in [0.25, 0.3) is 0 Å². The number of aliphatic hydroxyl groups excluding tert-OH is 1. The van der Waals surface area contributed by atoms with Gasteiger partial charge in [0.15, 0.2) is 0 Å². The van der Waals surface area contributed by atoms with Crippen LogP contribution in [-0.2, 0) is 4.74 Å². The van der Waals surface area contributed by atoms with Gasteiger partial charge >= 0.3 is 0 Å². The highest BCUT2D eigenvalue weighted by Gasteiger charge is 2.17. The molecular weight excluding hydrogens is 284 g/mol. The molecule has 0 amide bonds. The quantitative estimate of drug-likeness (QED) is 0.929. The Kier molecular flexibility index (Phi) is 4.42. The number of hydrogen-bond acceptors (Lipinski definition) is 3. The third-order valence-electron chi connectivity index (χ3n) is 2.87. The molecule has 94 valence electrons. The maximum Gasteiger partial charge on any atom is 0.126 e.